The van der Waals surface area contributed by atoms with Crippen LogP contribution in [-0.2, 0) is 9.13 Å². The monoisotopic (exact) mass is 235 g/mol. The highest BCUT2D eigenvalue weighted by molar-refractivity contribution is 7.54. The molecule has 0 atom stereocenters. The molecule has 0 spiro atoms. The van der Waals surface area contributed by atoms with Crippen LogP contribution < -0.4 is 0 Å². The van der Waals surface area contributed by atoms with Crippen LogP contribution in [0.2, 0.25) is 0 Å². The predicted octanol–water partition coefficient (Wildman–Crippen LogP) is -1.49. The van der Waals surface area contributed by atoms with E-state index in [4.69, 9.17) is 24.7 Å². The number of hydrogen-bond acceptors (Lipinski definition) is 3. The highest BCUT2D eigenvalue weighted by atomic mass is 31.2. The number of aliphatic hydroxyl groups is 1. The summed E-state index contributed by atoms with van der Waals surface area (Å²) >= 11 is 0. The molecule has 0 aliphatic rings. The molecule has 0 aromatic heterocycles. The predicted molar refractivity (Wildman–Crippen MR) is 42.7 cm³/mol. The van der Waals surface area contributed by atoms with Gasteiger partial charge in [-0.05, 0) is 0 Å². The van der Waals surface area contributed by atoms with E-state index in [0.29, 0.717) is 0 Å². The third-order valence-electron chi connectivity index (χ3n) is 1.07. The summed E-state index contributed by atoms with van der Waals surface area (Å²) in [6.07, 6.45) is -1.07. The lowest BCUT2D eigenvalue weighted by molar-refractivity contribution is 0.219. The first-order valence-corrected chi connectivity index (χ1v) is 6.49. The van der Waals surface area contributed by atoms with Crippen molar-refractivity contribution < 1.29 is 33.8 Å². The Morgan fingerprint density at radius 1 is 1.08 bits per heavy atom. The molecule has 0 unspecified atom stereocenters. The topological polar surface area (TPSA) is 139 Å². The molecule has 0 bridgehead atoms. The average Bonchev–Trinajstić information content (AvgIpc) is 1.81. The zero-order chi connectivity index (χ0) is 10.7. The zero-order valence-electron chi connectivity index (χ0n) is 6.52. The fourth-order valence-electron chi connectivity index (χ4n) is 0.611. The summed E-state index contributed by atoms with van der Waals surface area (Å²) in [5.74, 6) is 0. The van der Waals surface area contributed by atoms with Crippen LogP contribution >= 0.6 is 15.3 Å². The van der Waals surface area contributed by atoms with Gasteiger partial charge in [0.05, 0.1) is 6.61 Å². The van der Waals surface area contributed by atoms with Gasteiger partial charge in [0, 0.05) is 6.54 Å². The molecular formula is C3H11NO7P2. The minimum Gasteiger partial charge on any atom is -0.395 e. The fourth-order valence-corrected chi connectivity index (χ4v) is 2.68. The van der Waals surface area contributed by atoms with Crippen LogP contribution in [0.3, 0.4) is 0 Å². The van der Waals surface area contributed by atoms with E-state index < -0.39 is 34.8 Å². The molecule has 0 saturated heterocycles. The molecule has 10 heteroatoms. The molecule has 8 nitrogen and oxygen atoms in total. The Kier molecular flexibility index (Phi) is 4.71. The van der Waals surface area contributed by atoms with Gasteiger partial charge < -0.3 is 24.7 Å². The van der Waals surface area contributed by atoms with Crippen LogP contribution in [0.1, 0.15) is 0 Å². The van der Waals surface area contributed by atoms with Crippen molar-refractivity contribution in [3.05, 3.63) is 0 Å². The summed E-state index contributed by atoms with van der Waals surface area (Å²) in [6.45, 7) is -1.08. The van der Waals surface area contributed by atoms with Crippen LogP contribution in [-0.4, -0.2) is 48.8 Å². The zero-order valence-corrected chi connectivity index (χ0v) is 8.30. The summed E-state index contributed by atoms with van der Waals surface area (Å²) in [5.41, 5.74) is 0. The number of rotatable bonds is 5. The van der Waals surface area contributed by atoms with Crippen molar-refractivity contribution in [2.45, 2.75) is 0 Å². The summed E-state index contributed by atoms with van der Waals surface area (Å²) < 4.78 is 21.2. The summed E-state index contributed by atoms with van der Waals surface area (Å²) in [6, 6.07) is 0. The van der Waals surface area contributed by atoms with Crippen molar-refractivity contribution >= 4 is 15.3 Å². The van der Waals surface area contributed by atoms with Crippen molar-refractivity contribution in [1.82, 2.24) is 4.67 Å². The summed E-state index contributed by atoms with van der Waals surface area (Å²) in [5, 5.41) is 8.36. The molecule has 0 saturated carbocycles. The first-order chi connectivity index (χ1) is 5.67. The van der Waals surface area contributed by atoms with E-state index in [2.05, 4.69) is 0 Å². The van der Waals surface area contributed by atoms with Crippen LogP contribution in [0.4, 0.5) is 0 Å². The van der Waals surface area contributed by atoms with Crippen molar-refractivity contribution in [3.8, 4) is 0 Å². The van der Waals surface area contributed by atoms with E-state index in [-0.39, 0.29) is 4.67 Å². The minimum absolute atomic E-state index is 0.230. The normalized spacial score (nSPS) is 13.7. The maximum Gasteiger partial charge on any atom is 0.403 e. The van der Waals surface area contributed by atoms with Gasteiger partial charge in [-0.2, -0.15) is 4.67 Å². The van der Waals surface area contributed by atoms with Gasteiger partial charge >= 0.3 is 15.3 Å². The number of nitrogens with zero attached hydrogens (tertiary/aromatic N) is 1. The number of aliphatic hydroxyl groups excluding tert-OH is 1. The minimum atomic E-state index is -4.71. The Hall–Kier alpha value is 0.220. The number of hydrogen-bond donors (Lipinski definition) is 5. The first-order valence-electron chi connectivity index (χ1n) is 3.13. The molecule has 5 N–H and O–H groups in total. The smallest absolute Gasteiger partial charge is 0.395 e. The largest absolute Gasteiger partial charge is 0.403 e. The highest BCUT2D eigenvalue weighted by Crippen LogP contribution is 2.46. The average molecular weight is 235 g/mol. The molecule has 0 aliphatic heterocycles. The summed E-state index contributed by atoms with van der Waals surface area (Å²) in [7, 11) is -9.23. The summed E-state index contributed by atoms with van der Waals surface area (Å²) in [4.78, 5) is 34.0. The van der Waals surface area contributed by atoms with Gasteiger partial charge in [-0.25, -0.2) is 4.57 Å². The van der Waals surface area contributed by atoms with Gasteiger partial charge in [-0.15, -0.1) is 0 Å². The van der Waals surface area contributed by atoms with Crippen LogP contribution in [0.5, 0.6) is 0 Å². The lowest BCUT2D eigenvalue weighted by atomic mass is 10.7. The van der Waals surface area contributed by atoms with Crippen LogP contribution in [0, 0.1) is 0 Å². The van der Waals surface area contributed by atoms with E-state index in [1.54, 1.807) is 0 Å². The lowest BCUT2D eigenvalue weighted by Crippen LogP contribution is -2.24. The molecule has 0 amide bonds. The van der Waals surface area contributed by atoms with Gasteiger partial charge in [0.15, 0.2) is 0 Å². The molecule has 0 aliphatic carbocycles. The second kappa shape index (κ2) is 4.63. The Labute approximate surface area is 74.2 Å². The van der Waals surface area contributed by atoms with E-state index in [1.807, 2.05) is 0 Å². The SMILES string of the molecule is O=P(O)(O)CN(CCO)P(=O)(O)O. The molecule has 80 valence electrons. The van der Waals surface area contributed by atoms with E-state index >= 15 is 0 Å². The molecule has 0 fully saturated rings. The highest BCUT2D eigenvalue weighted by Gasteiger charge is 2.30. The Bertz CT molecular complexity index is 242. The maximum absolute atomic E-state index is 10.6. The Balaban J connectivity index is 4.46. The van der Waals surface area contributed by atoms with Crippen molar-refractivity contribution in [1.29, 1.82) is 0 Å². The van der Waals surface area contributed by atoms with Gasteiger partial charge in [0.2, 0.25) is 0 Å². The molecule has 0 radical (unpaired) electrons. The quantitative estimate of drug-likeness (QED) is 0.363. The van der Waals surface area contributed by atoms with E-state index in [9.17, 15) is 9.13 Å². The third kappa shape index (κ3) is 6.31. The second-order valence-electron chi connectivity index (χ2n) is 2.27. The van der Waals surface area contributed by atoms with E-state index in [1.165, 1.54) is 0 Å². The molecule has 0 aromatic rings. The van der Waals surface area contributed by atoms with Crippen molar-refractivity contribution in [2.24, 2.45) is 0 Å². The Morgan fingerprint density at radius 2 is 1.54 bits per heavy atom. The van der Waals surface area contributed by atoms with Gasteiger partial charge in [0.1, 0.15) is 6.29 Å². The van der Waals surface area contributed by atoms with Gasteiger partial charge in [-0.1, -0.05) is 0 Å². The maximum atomic E-state index is 10.6. The molecule has 0 heterocycles. The third-order valence-corrected chi connectivity index (χ3v) is 3.09. The Morgan fingerprint density at radius 3 is 1.77 bits per heavy atom. The van der Waals surface area contributed by atoms with Gasteiger partial charge in [0.25, 0.3) is 0 Å². The fraction of sp³-hybridized carbons (Fsp3) is 1.00. The van der Waals surface area contributed by atoms with Crippen LogP contribution in [0.15, 0.2) is 0 Å². The van der Waals surface area contributed by atoms with Crippen molar-refractivity contribution in [2.75, 3.05) is 19.4 Å². The second-order valence-corrected chi connectivity index (χ2v) is 5.48. The molecule has 13 heavy (non-hydrogen) atoms. The van der Waals surface area contributed by atoms with Crippen molar-refractivity contribution in [3.63, 3.8) is 0 Å². The standard InChI is InChI=1S/C3H11NO7P2/c5-2-1-4(13(9,10)11)3-12(6,7)8/h5H,1-3H2,(H2,6,7,8)(H2,9,10,11). The molecular weight excluding hydrogens is 224 g/mol. The van der Waals surface area contributed by atoms with Gasteiger partial charge in [-0.3, -0.25) is 4.57 Å². The first kappa shape index (κ1) is 13.2. The van der Waals surface area contributed by atoms with Crippen LogP contribution in [0.25, 0.3) is 0 Å². The molecule has 0 aromatic carbocycles. The van der Waals surface area contributed by atoms with E-state index in [0.717, 1.165) is 0 Å². The molecule has 0 rings (SSSR count). The lowest BCUT2D eigenvalue weighted by Gasteiger charge is -2.21.